The molecule has 1 heterocycles. The number of rotatable bonds is 5. The third kappa shape index (κ3) is 4.71. The fourth-order valence-electron chi connectivity index (χ4n) is 1.71. The van der Waals surface area contributed by atoms with Crippen molar-refractivity contribution in [2.75, 3.05) is 7.11 Å². The number of benzene rings is 1. The molecule has 1 N–H and O–H groups in total. The summed E-state index contributed by atoms with van der Waals surface area (Å²) in [7, 11) is 1.66. The summed E-state index contributed by atoms with van der Waals surface area (Å²) in [5.41, 5.74) is 2.06. The molecule has 3 nitrogen and oxygen atoms in total. The lowest BCUT2D eigenvalue weighted by Gasteiger charge is -2.09. The summed E-state index contributed by atoms with van der Waals surface area (Å²) in [6, 6.07) is 11.5. The molecule has 0 aliphatic rings. The SMILES string of the molecule is COc1ccc(Cl)cc1CNCc1ccccn1.[Cl-]. The predicted octanol–water partition coefficient (Wildman–Crippen LogP) is 0.0374. The predicted molar refractivity (Wildman–Crippen MR) is 72.8 cm³/mol. The van der Waals surface area contributed by atoms with Crippen LogP contribution >= 0.6 is 11.6 Å². The highest BCUT2D eigenvalue weighted by Crippen LogP contribution is 2.22. The quantitative estimate of drug-likeness (QED) is 0.846. The Bertz CT molecular complexity index is 506. The van der Waals surface area contributed by atoms with Crippen LogP contribution in [0.1, 0.15) is 11.3 Å². The molecule has 102 valence electrons. The molecular formula is C14H15Cl2N2O-. The van der Waals surface area contributed by atoms with Gasteiger partial charge >= 0.3 is 0 Å². The first-order chi connectivity index (χ1) is 8.79. The molecule has 2 rings (SSSR count). The molecule has 0 saturated carbocycles. The van der Waals surface area contributed by atoms with Gasteiger partial charge in [-0.15, -0.1) is 0 Å². The lowest BCUT2D eigenvalue weighted by atomic mass is 10.2. The maximum absolute atomic E-state index is 5.97. The largest absolute Gasteiger partial charge is 1.00 e. The number of halogens is 2. The van der Waals surface area contributed by atoms with Gasteiger partial charge in [0.25, 0.3) is 0 Å². The molecule has 2 aromatic rings. The van der Waals surface area contributed by atoms with Crippen molar-refractivity contribution in [3.63, 3.8) is 0 Å². The highest BCUT2D eigenvalue weighted by Gasteiger charge is 2.03. The fraction of sp³-hybridized carbons (Fsp3) is 0.214. The number of nitrogens with one attached hydrogen (secondary N) is 1. The zero-order valence-corrected chi connectivity index (χ0v) is 12.1. The van der Waals surface area contributed by atoms with Crippen molar-refractivity contribution in [3.8, 4) is 5.75 Å². The Morgan fingerprint density at radius 1 is 1.21 bits per heavy atom. The standard InChI is InChI=1S/C14H15ClN2O.ClH/c1-18-14-6-5-12(15)8-11(14)9-16-10-13-4-2-3-7-17-13;/h2-8,16H,9-10H2,1H3;1H/p-1. The maximum atomic E-state index is 5.97. The van der Waals surface area contributed by atoms with Gasteiger partial charge in [0.1, 0.15) is 5.75 Å². The zero-order chi connectivity index (χ0) is 12.8. The second kappa shape index (κ2) is 8.00. The van der Waals surface area contributed by atoms with E-state index in [-0.39, 0.29) is 12.4 Å². The molecule has 0 aliphatic heterocycles. The first-order valence-corrected chi connectivity index (χ1v) is 6.10. The van der Waals surface area contributed by atoms with Gasteiger partial charge in [-0.2, -0.15) is 0 Å². The van der Waals surface area contributed by atoms with Gasteiger partial charge in [-0.3, -0.25) is 4.98 Å². The van der Waals surface area contributed by atoms with Crippen LogP contribution in [0.15, 0.2) is 42.6 Å². The molecule has 0 radical (unpaired) electrons. The Labute approximate surface area is 124 Å². The van der Waals surface area contributed by atoms with E-state index in [9.17, 15) is 0 Å². The lowest BCUT2D eigenvalue weighted by Crippen LogP contribution is -3.00. The summed E-state index contributed by atoms with van der Waals surface area (Å²) in [4.78, 5) is 4.25. The Morgan fingerprint density at radius 2 is 2.05 bits per heavy atom. The molecule has 0 unspecified atom stereocenters. The minimum Gasteiger partial charge on any atom is -1.00 e. The number of hydrogen-bond acceptors (Lipinski definition) is 3. The number of ether oxygens (including phenoxy) is 1. The first-order valence-electron chi connectivity index (χ1n) is 5.72. The van der Waals surface area contributed by atoms with Gasteiger partial charge in [-0.05, 0) is 30.3 Å². The maximum Gasteiger partial charge on any atom is 0.123 e. The van der Waals surface area contributed by atoms with Crippen molar-refractivity contribution in [2.45, 2.75) is 13.1 Å². The van der Waals surface area contributed by atoms with Gasteiger partial charge < -0.3 is 22.5 Å². The highest BCUT2D eigenvalue weighted by molar-refractivity contribution is 6.30. The number of methoxy groups -OCH3 is 1. The van der Waals surface area contributed by atoms with Gasteiger partial charge in [-0.1, -0.05) is 17.7 Å². The molecule has 0 amide bonds. The van der Waals surface area contributed by atoms with Crippen LogP contribution in [-0.2, 0) is 13.1 Å². The summed E-state index contributed by atoms with van der Waals surface area (Å²) in [6.07, 6.45) is 1.79. The van der Waals surface area contributed by atoms with E-state index in [0.29, 0.717) is 11.6 Å². The van der Waals surface area contributed by atoms with Crippen LogP contribution in [0.5, 0.6) is 5.75 Å². The second-order valence-corrected chi connectivity index (χ2v) is 4.32. The van der Waals surface area contributed by atoms with Crippen LogP contribution in [0.4, 0.5) is 0 Å². The highest BCUT2D eigenvalue weighted by atomic mass is 35.5. The molecular weight excluding hydrogens is 283 g/mol. The second-order valence-electron chi connectivity index (χ2n) is 3.88. The number of nitrogens with zero attached hydrogens (tertiary/aromatic N) is 1. The summed E-state index contributed by atoms with van der Waals surface area (Å²) in [5, 5.41) is 4.03. The van der Waals surface area contributed by atoms with Crippen molar-refractivity contribution >= 4 is 11.6 Å². The van der Waals surface area contributed by atoms with Crippen molar-refractivity contribution in [2.24, 2.45) is 0 Å². The molecule has 0 spiro atoms. The van der Waals surface area contributed by atoms with E-state index in [4.69, 9.17) is 16.3 Å². The molecule has 0 bridgehead atoms. The average molecular weight is 298 g/mol. The molecule has 1 aromatic carbocycles. The first kappa shape index (κ1) is 15.8. The van der Waals surface area contributed by atoms with Crippen molar-refractivity contribution in [1.82, 2.24) is 10.3 Å². The van der Waals surface area contributed by atoms with Crippen LogP contribution in [0.3, 0.4) is 0 Å². The topological polar surface area (TPSA) is 34.1 Å². The van der Waals surface area contributed by atoms with Crippen LogP contribution < -0.4 is 22.5 Å². The van der Waals surface area contributed by atoms with Gasteiger partial charge in [0.05, 0.1) is 12.8 Å². The van der Waals surface area contributed by atoms with Gasteiger partial charge in [-0.25, -0.2) is 0 Å². The molecule has 0 saturated heterocycles. The molecule has 1 aromatic heterocycles. The van der Waals surface area contributed by atoms with E-state index < -0.39 is 0 Å². The van der Waals surface area contributed by atoms with E-state index in [1.165, 1.54) is 0 Å². The van der Waals surface area contributed by atoms with Crippen LogP contribution in [0, 0.1) is 0 Å². The minimum absolute atomic E-state index is 0. The van der Waals surface area contributed by atoms with Crippen molar-refractivity contribution in [1.29, 1.82) is 0 Å². The molecule has 5 heteroatoms. The number of pyridine rings is 1. The van der Waals surface area contributed by atoms with Crippen molar-refractivity contribution in [3.05, 3.63) is 58.9 Å². The normalized spacial score (nSPS) is 9.79. The van der Waals surface area contributed by atoms with Gasteiger partial charge in [0, 0.05) is 29.9 Å². The van der Waals surface area contributed by atoms with Crippen LogP contribution in [-0.4, -0.2) is 12.1 Å². The molecule has 0 atom stereocenters. The summed E-state index contributed by atoms with van der Waals surface area (Å²) in [5.74, 6) is 0.841. The molecule has 19 heavy (non-hydrogen) atoms. The lowest BCUT2D eigenvalue weighted by molar-refractivity contribution is -0.00000396. The van der Waals surface area contributed by atoms with E-state index in [1.807, 2.05) is 36.4 Å². The Kier molecular flexibility index (Phi) is 6.64. The summed E-state index contributed by atoms with van der Waals surface area (Å²) < 4.78 is 5.29. The third-order valence-electron chi connectivity index (χ3n) is 2.59. The zero-order valence-electron chi connectivity index (χ0n) is 10.6. The van der Waals surface area contributed by atoms with Crippen molar-refractivity contribution < 1.29 is 17.1 Å². The van der Waals surface area contributed by atoms with Gasteiger partial charge in [0.2, 0.25) is 0 Å². The molecule has 0 fully saturated rings. The molecule has 0 aliphatic carbocycles. The number of aromatic nitrogens is 1. The minimum atomic E-state index is 0. The van der Waals surface area contributed by atoms with Crippen LogP contribution in [0.25, 0.3) is 0 Å². The van der Waals surface area contributed by atoms with E-state index >= 15 is 0 Å². The third-order valence-corrected chi connectivity index (χ3v) is 2.83. The van der Waals surface area contributed by atoms with E-state index in [0.717, 1.165) is 23.6 Å². The smallest absolute Gasteiger partial charge is 0.123 e. The van der Waals surface area contributed by atoms with E-state index in [2.05, 4.69) is 10.3 Å². The Morgan fingerprint density at radius 3 is 2.74 bits per heavy atom. The fourth-order valence-corrected chi connectivity index (χ4v) is 1.91. The summed E-state index contributed by atoms with van der Waals surface area (Å²) >= 11 is 5.97. The number of hydrogen-bond donors (Lipinski definition) is 1. The Hall–Kier alpha value is -1.29. The Balaban J connectivity index is 0.00000180. The summed E-state index contributed by atoms with van der Waals surface area (Å²) in [6.45, 7) is 1.41. The van der Waals surface area contributed by atoms with E-state index in [1.54, 1.807) is 13.3 Å². The monoisotopic (exact) mass is 297 g/mol. The van der Waals surface area contributed by atoms with Crippen LogP contribution in [0.2, 0.25) is 5.02 Å². The average Bonchev–Trinajstić information content (AvgIpc) is 2.40. The van der Waals surface area contributed by atoms with Gasteiger partial charge in [0.15, 0.2) is 0 Å².